The Morgan fingerprint density at radius 3 is 2.72 bits per heavy atom. The Hall–Kier alpha value is -0.0900. The SMILES string of the molecule is CNC1CCN(C(C)c2ccc(Cl)s2)C(C)C1C. The van der Waals surface area contributed by atoms with E-state index in [1.807, 2.05) is 6.07 Å². The molecule has 1 aliphatic rings. The van der Waals surface area contributed by atoms with Crippen LogP contribution in [0.2, 0.25) is 4.34 Å². The fraction of sp³-hybridized carbons (Fsp3) is 0.714. The Kier molecular flexibility index (Phi) is 4.70. The van der Waals surface area contributed by atoms with Crippen LogP contribution in [-0.4, -0.2) is 30.6 Å². The molecule has 4 heteroatoms. The molecule has 0 radical (unpaired) electrons. The number of hydrogen-bond acceptors (Lipinski definition) is 3. The molecule has 102 valence electrons. The van der Waals surface area contributed by atoms with Gasteiger partial charge in [0.15, 0.2) is 0 Å². The molecule has 1 aromatic rings. The lowest BCUT2D eigenvalue weighted by atomic mass is 9.86. The molecule has 0 spiro atoms. The van der Waals surface area contributed by atoms with E-state index in [0.717, 1.165) is 10.9 Å². The average Bonchev–Trinajstić information content (AvgIpc) is 2.78. The molecule has 1 fully saturated rings. The number of hydrogen-bond donors (Lipinski definition) is 1. The zero-order chi connectivity index (χ0) is 13.3. The Bertz CT molecular complexity index is 393. The molecule has 0 amide bonds. The Morgan fingerprint density at radius 2 is 2.17 bits per heavy atom. The summed E-state index contributed by atoms with van der Waals surface area (Å²) in [5.41, 5.74) is 0. The van der Waals surface area contributed by atoms with Crippen molar-refractivity contribution in [3.05, 3.63) is 21.3 Å². The van der Waals surface area contributed by atoms with E-state index in [1.54, 1.807) is 11.3 Å². The second kappa shape index (κ2) is 5.91. The highest BCUT2D eigenvalue weighted by Crippen LogP contribution is 2.35. The highest BCUT2D eigenvalue weighted by Gasteiger charge is 2.34. The first-order chi connectivity index (χ1) is 8.54. The Balaban J connectivity index is 2.09. The van der Waals surface area contributed by atoms with Gasteiger partial charge in [-0.3, -0.25) is 4.90 Å². The molecule has 1 saturated heterocycles. The van der Waals surface area contributed by atoms with E-state index in [4.69, 9.17) is 11.6 Å². The lowest BCUT2D eigenvalue weighted by Crippen LogP contribution is -2.53. The Morgan fingerprint density at radius 1 is 1.44 bits per heavy atom. The number of nitrogens with one attached hydrogen (secondary N) is 1. The van der Waals surface area contributed by atoms with Crippen LogP contribution >= 0.6 is 22.9 Å². The number of piperidine rings is 1. The third kappa shape index (κ3) is 2.74. The maximum Gasteiger partial charge on any atom is 0.0931 e. The number of thiophene rings is 1. The molecule has 18 heavy (non-hydrogen) atoms. The van der Waals surface area contributed by atoms with Crippen molar-refractivity contribution in [1.29, 1.82) is 0 Å². The fourth-order valence-electron chi connectivity index (χ4n) is 3.06. The largest absolute Gasteiger partial charge is 0.317 e. The third-order valence-electron chi connectivity index (χ3n) is 4.49. The van der Waals surface area contributed by atoms with E-state index in [0.29, 0.717) is 24.0 Å². The summed E-state index contributed by atoms with van der Waals surface area (Å²) in [6.07, 6.45) is 1.23. The van der Waals surface area contributed by atoms with Crippen molar-refractivity contribution in [2.45, 2.75) is 45.3 Å². The van der Waals surface area contributed by atoms with Crippen molar-refractivity contribution in [3.63, 3.8) is 0 Å². The van der Waals surface area contributed by atoms with Gasteiger partial charge in [-0.05, 0) is 45.4 Å². The van der Waals surface area contributed by atoms with Gasteiger partial charge in [0.05, 0.1) is 4.34 Å². The van der Waals surface area contributed by atoms with Gasteiger partial charge in [-0.15, -0.1) is 11.3 Å². The molecule has 0 aliphatic carbocycles. The van der Waals surface area contributed by atoms with Gasteiger partial charge in [-0.25, -0.2) is 0 Å². The van der Waals surface area contributed by atoms with Crippen LogP contribution in [0.25, 0.3) is 0 Å². The topological polar surface area (TPSA) is 15.3 Å². The summed E-state index contributed by atoms with van der Waals surface area (Å²) in [4.78, 5) is 3.99. The third-order valence-corrected chi connectivity index (χ3v) is 5.89. The van der Waals surface area contributed by atoms with Crippen LogP contribution in [0.3, 0.4) is 0 Å². The van der Waals surface area contributed by atoms with Crippen LogP contribution in [0, 0.1) is 5.92 Å². The molecule has 0 aromatic carbocycles. The fourth-order valence-corrected chi connectivity index (χ4v) is 4.20. The van der Waals surface area contributed by atoms with Gasteiger partial charge in [0.2, 0.25) is 0 Å². The van der Waals surface area contributed by atoms with Gasteiger partial charge in [0, 0.05) is 29.5 Å². The molecule has 1 aromatic heterocycles. The minimum absolute atomic E-state index is 0.470. The first kappa shape index (κ1) is 14.3. The van der Waals surface area contributed by atoms with Gasteiger partial charge in [0.1, 0.15) is 0 Å². The van der Waals surface area contributed by atoms with E-state index in [2.05, 4.69) is 44.1 Å². The van der Waals surface area contributed by atoms with Gasteiger partial charge < -0.3 is 5.32 Å². The van der Waals surface area contributed by atoms with E-state index in [-0.39, 0.29) is 0 Å². The monoisotopic (exact) mass is 286 g/mol. The van der Waals surface area contributed by atoms with Crippen LogP contribution in [0.5, 0.6) is 0 Å². The normalized spacial score (nSPS) is 31.5. The summed E-state index contributed by atoms with van der Waals surface area (Å²) < 4.78 is 0.891. The summed E-state index contributed by atoms with van der Waals surface area (Å²) in [6, 6.07) is 5.89. The van der Waals surface area contributed by atoms with Crippen LogP contribution in [0.1, 0.15) is 38.1 Å². The highest BCUT2D eigenvalue weighted by atomic mass is 35.5. The number of likely N-dealkylation sites (tertiary alicyclic amines) is 1. The molecule has 4 atom stereocenters. The van der Waals surface area contributed by atoms with Gasteiger partial charge in [-0.2, -0.15) is 0 Å². The second-order valence-electron chi connectivity index (χ2n) is 5.34. The minimum atomic E-state index is 0.470. The van der Waals surface area contributed by atoms with Crippen LogP contribution < -0.4 is 5.32 Å². The minimum Gasteiger partial charge on any atom is -0.317 e. The maximum absolute atomic E-state index is 6.04. The molecule has 1 N–H and O–H groups in total. The van der Waals surface area contributed by atoms with E-state index >= 15 is 0 Å². The zero-order valence-electron chi connectivity index (χ0n) is 11.6. The van der Waals surface area contributed by atoms with Gasteiger partial charge >= 0.3 is 0 Å². The molecule has 4 unspecified atom stereocenters. The van der Waals surface area contributed by atoms with E-state index in [9.17, 15) is 0 Å². The molecule has 2 rings (SSSR count). The van der Waals surface area contributed by atoms with E-state index in [1.165, 1.54) is 11.3 Å². The summed E-state index contributed by atoms with van der Waals surface area (Å²) >= 11 is 7.75. The van der Waals surface area contributed by atoms with Crippen LogP contribution in [-0.2, 0) is 0 Å². The molecular weight excluding hydrogens is 264 g/mol. The summed E-state index contributed by atoms with van der Waals surface area (Å²) in [5.74, 6) is 0.682. The van der Waals surface area contributed by atoms with E-state index < -0.39 is 0 Å². The molecule has 2 heterocycles. The quantitative estimate of drug-likeness (QED) is 0.910. The van der Waals surface area contributed by atoms with Crippen molar-refractivity contribution in [2.75, 3.05) is 13.6 Å². The second-order valence-corrected chi connectivity index (χ2v) is 7.09. The first-order valence-corrected chi connectivity index (χ1v) is 7.92. The predicted octanol–water partition coefficient (Wildman–Crippen LogP) is 3.78. The smallest absolute Gasteiger partial charge is 0.0931 e. The Labute approximate surface area is 119 Å². The maximum atomic E-state index is 6.04. The lowest BCUT2D eigenvalue weighted by Gasteiger charge is -2.45. The van der Waals surface area contributed by atoms with Crippen LogP contribution in [0.15, 0.2) is 12.1 Å². The molecule has 2 nitrogen and oxygen atoms in total. The van der Waals surface area contributed by atoms with Crippen molar-refractivity contribution >= 4 is 22.9 Å². The molecule has 0 saturated carbocycles. The van der Waals surface area contributed by atoms with Crippen molar-refractivity contribution in [3.8, 4) is 0 Å². The summed E-state index contributed by atoms with van der Waals surface area (Å²) in [7, 11) is 2.08. The predicted molar refractivity (Wildman–Crippen MR) is 80.5 cm³/mol. The van der Waals surface area contributed by atoms with Crippen molar-refractivity contribution in [2.24, 2.45) is 5.92 Å². The number of rotatable bonds is 3. The highest BCUT2D eigenvalue weighted by molar-refractivity contribution is 7.16. The number of nitrogens with zero attached hydrogens (tertiary/aromatic N) is 1. The lowest BCUT2D eigenvalue weighted by molar-refractivity contribution is 0.0557. The van der Waals surface area contributed by atoms with Gasteiger partial charge in [-0.1, -0.05) is 18.5 Å². The van der Waals surface area contributed by atoms with Crippen molar-refractivity contribution < 1.29 is 0 Å². The number of halogens is 1. The summed E-state index contributed by atoms with van der Waals surface area (Å²) in [5, 5.41) is 3.44. The van der Waals surface area contributed by atoms with Gasteiger partial charge in [0.25, 0.3) is 0 Å². The molecule has 1 aliphatic heterocycles. The molecular formula is C14H23ClN2S. The zero-order valence-corrected chi connectivity index (χ0v) is 13.2. The molecule has 0 bridgehead atoms. The average molecular weight is 287 g/mol. The van der Waals surface area contributed by atoms with Crippen LogP contribution in [0.4, 0.5) is 0 Å². The summed E-state index contributed by atoms with van der Waals surface area (Å²) in [6.45, 7) is 8.16. The standard InChI is InChI=1S/C14H23ClN2S/c1-9-10(2)17(8-7-12(9)16-4)11(3)13-5-6-14(15)18-13/h5-6,9-12,16H,7-8H2,1-4H3. The van der Waals surface area contributed by atoms with Crippen molar-refractivity contribution in [1.82, 2.24) is 10.2 Å². The first-order valence-electron chi connectivity index (χ1n) is 6.72.